The minimum absolute atomic E-state index is 0.0781. The first-order valence-corrected chi connectivity index (χ1v) is 3.75. The molecule has 0 saturated heterocycles. The summed E-state index contributed by atoms with van der Waals surface area (Å²) in [5.41, 5.74) is -0.840. The van der Waals surface area contributed by atoms with E-state index in [1.165, 1.54) is 7.11 Å². The van der Waals surface area contributed by atoms with E-state index in [4.69, 9.17) is 9.84 Å². The first-order valence-electron chi connectivity index (χ1n) is 3.75. The van der Waals surface area contributed by atoms with Gasteiger partial charge in [0, 0.05) is 0 Å². The average Bonchev–Trinajstić information content (AvgIpc) is 2.16. The number of pyridine rings is 1. The summed E-state index contributed by atoms with van der Waals surface area (Å²) in [5, 5.41) is 18.1. The molecule has 6 heteroatoms. The minimum Gasteiger partial charge on any atom is -0.505 e. The molecule has 0 unspecified atom stereocenters. The van der Waals surface area contributed by atoms with Gasteiger partial charge in [-0.25, -0.2) is 13.8 Å². The Morgan fingerprint density at radius 1 is 1.57 bits per heavy atom. The molecule has 14 heavy (non-hydrogen) atoms. The second-order valence-electron chi connectivity index (χ2n) is 2.50. The molecule has 0 radical (unpaired) electrons. The molecule has 1 aromatic heterocycles. The van der Waals surface area contributed by atoms with Gasteiger partial charge in [-0.3, -0.25) is 0 Å². The number of halogens is 2. The van der Waals surface area contributed by atoms with Crippen molar-refractivity contribution >= 4 is 0 Å². The Hall–Kier alpha value is -1.43. The molecule has 1 heterocycles. The van der Waals surface area contributed by atoms with Gasteiger partial charge in [-0.2, -0.15) is 0 Å². The van der Waals surface area contributed by atoms with E-state index < -0.39 is 24.5 Å². The highest BCUT2D eigenvalue weighted by molar-refractivity contribution is 5.45. The molecule has 1 aromatic rings. The minimum atomic E-state index is -2.88. The molecule has 0 spiro atoms. The van der Waals surface area contributed by atoms with Gasteiger partial charge in [0.25, 0.3) is 6.43 Å². The SMILES string of the molecule is COc1cnc(C(F)F)c(O)c1CO. The Morgan fingerprint density at radius 3 is 2.64 bits per heavy atom. The highest BCUT2D eigenvalue weighted by Gasteiger charge is 2.20. The fourth-order valence-electron chi connectivity index (χ4n) is 1.03. The first-order chi connectivity index (χ1) is 6.61. The third-order valence-corrected chi connectivity index (χ3v) is 1.73. The van der Waals surface area contributed by atoms with E-state index in [1.54, 1.807) is 0 Å². The summed E-state index contributed by atoms with van der Waals surface area (Å²) in [6.07, 6.45) is -1.85. The number of methoxy groups -OCH3 is 1. The van der Waals surface area contributed by atoms with Crippen LogP contribution in [0.5, 0.6) is 11.5 Å². The molecule has 0 amide bonds. The maximum atomic E-state index is 12.2. The number of aliphatic hydroxyl groups excluding tert-OH is 1. The van der Waals surface area contributed by atoms with Crippen LogP contribution in [0.2, 0.25) is 0 Å². The summed E-state index contributed by atoms with van der Waals surface area (Å²) >= 11 is 0. The number of hydrogen-bond donors (Lipinski definition) is 2. The van der Waals surface area contributed by atoms with E-state index in [2.05, 4.69) is 4.98 Å². The second-order valence-corrected chi connectivity index (χ2v) is 2.50. The van der Waals surface area contributed by atoms with Gasteiger partial charge in [0.2, 0.25) is 0 Å². The van der Waals surface area contributed by atoms with Crippen LogP contribution in [-0.4, -0.2) is 22.3 Å². The zero-order valence-electron chi connectivity index (χ0n) is 7.37. The van der Waals surface area contributed by atoms with Crippen molar-refractivity contribution in [1.82, 2.24) is 4.98 Å². The van der Waals surface area contributed by atoms with Crippen LogP contribution >= 0.6 is 0 Å². The number of ether oxygens (including phenoxy) is 1. The van der Waals surface area contributed by atoms with Crippen LogP contribution in [0, 0.1) is 0 Å². The van der Waals surface area contributed by atoms with E-state index in [9.17, 15) is 13.9 Å². The zero-order valence-corrected chi connectivity index (χ0v) is 7.37. The standard InChI is InChI=1S/C8H9F2NO3/c1-14-5-2-11-6(8(9)10)7(13)4(5)3-12/h2,8,12-13H,3H2,1H3. The number of aromatic nitrogens is 1. The average molecular weight is 205 g/mol. The van der Waals surface area contributed by atoms with Gasteiger partial charge >= 0.3 is 0 Å². The molecule has 0 aliphatic carbocycles. The maximum absolute atomic E-state index is 12.2. The Morgan fingerprint density at radius 2 is 2.21 bits per heavy atom. The van der Waals surface area contributed by atoms with Gasteiger partial charge in [-0.1, -0.05) is 0 Å². The van der Waals surface area contributed by atoms with Gasteiger partial charge in [-0.15, -0.1) is 0 Å². The molecule has 0 atom stereocenters. The number of aromatic hydroxyl groups is 1. The van der Waals surface area contributed by atoms with Crippen LogP contribution < -0.4 is 4.74 Å². The maximum Gasteiger partial charge on any atom is 0.284 e. The van der Waals surface area contributed by atoms with Crippen LogP contribution in [-0.2, 0) is 6.61 Å². The molecule has 0 saturated carbocycles. The van der Waals surface area contributed by atoms with E-state index >= 15 is 0 Å². The fourth-order valence-corrected chi connectivity index (χ4v) is 1.03. The monoisotopic (exact) mass is 205 g/mol. The lowest BCUT2D eigenvalue weighted by atomic mass is 10.2. The molecule has 4 nitrogen and oxygen atoms in total. The van der Waals surface area contributed by atoms with Gasteiger partial charge in [-0.05, 0) is 0 Å². The van der Waals surface area contributed by atoms with Gasteiger partial charge in [0.15, 0.2) is 5.75 Å². The van der Waals surface area contributed by atoms with Crippen LogP contribution in [0.4, 0.5) is 8.78 Å². The fraction of sp³-hybridized carbons (Fsp3) is 0.375. The molecule has 1 rings (SSSR count). The van der Waals surface area contributed by atoms with Crippen molar-refractivity contribution in [3.05, 3.63) is 17.5 Å². The summed E-state index contributed by atoms with van der Waals surface area (Å²) in [6.45, 7) is -0.586. The Bertz CT molecular complexity index is 331. The molecule has 0 aromatic carbocycles. The topological polar surface area (TPSA) is 62.6 Å². The summed E-state index contributed by atoms with van der Waals surface area (Å²) in [5.74, 6) is -0.642. The van der Waals surface area contributed by atoms with Crippen LogP contribution in [0.25, 0.3) is 0 Å². The van der Waals surface area contributed by atoms with Crippen molar-refractivity contribution in [2.75, 3.05) is 7.11 Å². The normalized spacial score (nSPS) is 10.6. The first kappa shape index (κ1) is 10.6. The summed E-state index contributed by atoms with van der Waals surface area (Å²) in [4.78, 5) is 3.32. The lowest BCUT2D eigenvalue weighted by Crippen LogP contribution is -1.99. The van der Waals surface area contributed by atoms with Crippen LogP contribution in [0.3, 0.4) is 0 Å². The van der Waals surface area contributed by atoms with Gasteiger partial charge in [0.05, 0.1) is 25.5 Å². The van der Waals surface area contributed by atoms with Crippen molar-refractivity contribution in [1.29, 1.82) is 0 Å². The lowest BCUT2D eigenvalue weighted by molar-refractivity contribution is 0.140. The van der Waals surface area contributed by atoms with E-state index in [1.807, 2.05) is 0 Å². The molecular formula is C8H9F2NO3. The molecule has 0 bridgehead atoms. The van der Waals surface area contributed by atoms with Gasteiger partial charge in [0.1, 0.15) is 11.4 Å². The number of aliphatic hydroxyl groups is 1. The molecule has 0 fully saturated rings. The molecular weight excluding hydrogens is 196 g/mol. The summed E-state index contributed by atoms with van der Waals surface area (Å²) in [6, 6.07) is 0. The van der Waals surface area contributed by atoms with Crippen LogP contribution in [0.1, 0.15) is 17.7 Å². The lowest BCUT2D eigenvalue weighted by Gasteiger charge is -2.10. The van der Waals surface area contributed by atoms with Crippen molar-refractivity contribution in [2.24, 2.45) is 0 Å². The van der Waals surface area contributed by atoms with Crippen molar-refractivity contribution in [3.8, 4) is 11.5 Å². The zero-order chi connectivity index (χ0) is 10.7. The van der Waals surface area contributed by atoms with Crippen molar-refractivity contribution in [2.45, 2.75) is 13.0 Å². The third kappa shape index (κ3) is 1.74. The van der Waals surface area contributed by atoms with E-state index in [0.29, 0.717) is 0 Å². The highest BCUT2D eigenvalue weighted by atomic mass is 19.3. The molecule has 78 valence electrons. The van der Waals surface area contributed by atoms with Crippen LogP contribution in [0.15, 0.2) is 6.20 Å². The van der Waals surface area contributed by atoms with E-state index in [-0.39, 0.29) is 11.3 Å². The second kappa shape index (κ2) is 4.19. The third-order valence-electron chi connectivity index (χ3n) is 1.73. The van der Waals surface area contributed by atoms with Crippen molar-refractivity contribution < 1.29 is 23.7 Å². The predicted octanol–water partition coefficient (Wildman–Crippen LogP) is 1.23. The summed E-state index contributed by atoms with van der Waals surface area (Å²) in [7, 11) is 1.29. The quantitative estimate of drug-likeness (QED) is 0.778. The Balaban J connectivity index is 3.27. The number of rotatable bonds is 3. The largest absolute Gasteiger partial charge is 0.505 e. The highest BCUT2D eigenvalue weighted by Crippen LogP contribution is 2.34. The Kier molecular flexibility index (Phi) is 3.19. The van der Waals surface area contributed by atoms with Crippen molar-refractivity contribution in [3.63, 3.8) is 0 Å². The molecule has 2 N–H and O–H groups in total. The number of alkyl halides is 2. The van der Waals surface area contributed by atoms with E-state index in [0.717, 1.165) is 6.20 Å². The number of nitrogens with zero attached hydrogens (tertiary/aromatic N) is 1. The molecule has 0 aliphatic heterocycles. The molecule has 0 aliphatic rings. The summed E-state index contributed by atoms with van der Waals surface area (Å²) < 4.78 is 29.2. The Labute approximate surface area is 78.8 Å². The van der Waals surface area contributed by atoms with Gasteiger partial charge < -0.3 is 14.9 Å². The number of hydrogen-bond acceptors (Lipinski definition) is 4. The smallest absolute Gasteiger partial charge is 0.284 e. The predicted molar refractivity (Wildman–Crippen MR) is 43.3 cm³/mol.